The van der Waals surface area contributed by atoms with Gasteiger partial charge in [-0.1, -0.05) is 48.5 Å². The number of para-hydroxylation sites is 1. The van der Waals surface area contributed by atoms with Crippen molar-refractivity contribution in [2.24, 2.45) is 0 Å². The van der Waals surface area contributed by atoms with Crippen LogP contribution < -0.4 is 10.6 Å². The third-order valence-electron chi connectivity index (χ3n) is 7.94. The first-order chi connectivity index (χ1) is 19.9. The summed E-state index contributed by atoms with van der Waals surface area (Å²) < 4.78 is 5.51. The number of urea groups is 1. The summed E-state index contributed by atoms with van der Waals surface area (Å²) in [6, 6.07) is 15.9. The van der Waals surface area contributed by atoms with Gasteiger partial charge in [-0.05, 0) is 57.7 Å². The Labute approximate surface area is 245 Å². The molecule has 3 heterocycles. The van der Waals surface area contributed by atoms with Crippen molar-refractivity contribution in [2.45, 2.75) is 83.1 Å². The van der Waals surface area contributed by atoms with Crippen molar-refractivity contribution in [3.63, 3.8) is 0 Å². The van der Waals surface area contributed by atoms with Crippen molar-refractivity contribution >= 4 is 34.8 Å². The van der Waals surface area contributed by atoms with Crippen molar-refractivity contribution in [1.82, 2.24) is 25.4 Å². The second kappa shape index (κ2) is 11.5. The number of carbonyl (C=O) groups is 4. The molecule has 42 heavy (non-hydrogen) atoms. The minimum Gasteiger partial charge on any atom is -0.444 e. The standard InChI is InChI=1S/C32H39N5O5/c1-31(2,3)42-29(40)35-32(4,18-22-19-33-24-14-9-8-13-23(22)24)28(39)34-25-15-10-16-36-26(25)17-27(38)37(30(36)41)20-21-11-6-5-7-12-21/h5-9,11-14,19,25-26,33H,10,15-18,20H2,1-4H3,(H,34,39)(H,35,40)/t25-,26+,32-/m1/s1. The fraction of sp³-hybridized carbons (Fsp3) is 0.438. The molecule has 222 valence electrons. The molecule has 2 aliphatic rings. The van der Waals surface area contributed by atoms with E-state index in [2.05, 4.69) is 15.6 Å². The average molecular weight is 574 g/mol. The van der Waals surface area contributed by atoms with Crippen LogP contribution in [-0.4, -0.2) is 68.5 Å². The van der Waals surface area contributed by atoms with Gasteiger partial charge in [0.25, 0.3) is 0 Å². The summed E-state index contributed by atoms with van der Waals surface area (Å²) in [5.41, 5.74) is 0.540. The van der Waals surface area contributed by atoms with Crippen LogP contribution in [-0.2, 0) is 27.3 Å². The molecule has 3 aromatic rings. The highest BCUT2D eigenvalue weighted by Crippen LogP contribution is 2.29. The van der Waals surface area contributed by atoms with Gasteiger partial charge in [0.2, 0.25) is 11.8 Å². The molecule has 0 spiro atoms. The molecule has 0 aliphatic carbocycles. The van der Waals surface area contributed by atoms with Crippen LogP contribution in [0.4, 0.5) is 9.59 Å². The van der Waals surface area contributed by atoms with Crippen LogP contribution in [0.5, 0.6) is 0 Å². The zero-order valence-corrected chi connectivity index (χ0v) is 24.6. The third-order valence-corrected chi connectivity index (χ3v) is 7.94. The second-order valence-electron chi connectivity index (χ2n) is 12.4. The molecule has 0 radical (unpaired) electrons. The lowest BCUT2D eigenvalue weighted by Gasteiger charge is -2.47. The number of hydrogen-bond acceptors (Lipinski definition) is 5. The highest BCUT2D eigenvalue weighted by molar-refractivity contribution is 5.98. The van der Waals surface area contributed by atoms with Gasteiger partial charge in [-0.2, -0.15) is 0 Å². The Kier molecular flexibility index (Phi) is 7.99. The van der Waals surface area contributed by atoms with E-state index in [0.717, 1.165) is 22.0 Å². The number of carbonyl (C=O) groups excluding carboxylic acids is 4. The normalized spacial score (nSPS) is 20.6. The molecule has 5 rings (SSSR count). The number of amides is 5. The maximum atomic E-state index is 14.0. The lowest BCUT2D eigenvalue weighted by Crippen LogP contribution is -2.67. The van der Waals surface area contributed by atoms with Crippen LogP contribution in [0.1, 0.15) is 58.1 Å². The number of piperidine rings is 1. The molecule has 0 saturated carbocycles. The molecular weight excluding hydrogens is 534 g/mol. The molecule has 3 N–H and O–H groups in total. The zero-order valence-electron chi connectivity index (χ0n) is 24.6. The van der Waals surface area contributed by atoms with E-state index in [1.165, 1.54) is 4.90 Å². The van der Waals surface area contributed by atoms with Gasteiger partial charge in [0, 0.05) is 42.5 Å². The van der Waals surface area contributed by atoms with Crippen molar-refractivity contribution in [2.75, 3.05) is 6.54 Å². The van der Waals surface area contributed by atoms with Crippen LogP contribution in [0.15, 0.2) is 60.8 Å². The van der Waals surface area contributed by atoms with Crippen molar-refractivity contribution < 1.29 is 23.9 Å². The van der Waals surface area contributed by atoms with E-state index < -0.39 is 35.2 Å². The van der Waals surface area contributed by atoms with Crippen LogP contribution in [0, 0.1) is 0 Å². The Hall–Kier alpha value is -4.34. The van der Waals surface area contributed by atoms with E-state index in [0.29, 0.717) is 19.4 Å². The number of rotatable bonds is 7. The van der Waals surface area contributed by atoms with Crippen LogP contribution in [0.2, 0.25) is 0 Å². The molecule has 2 saturated heterocycles. The number of fused-ring (bicyclic) bond motifs is 2. The number of hydrogen-bond donors (Lipinski definition) is 3. The number of H-pyrrole nitrogens is 1. The maximum absolute atomic E-state index is 14.0. The molecule has 2 fully saturated rings. The van der Waals surface area contributed by atoms with Gasteiger partial charge in [-0.25, -0.2) is 9.59 Å². The van der Waals surface area contributed by atoms with Crippen molar-refractivity contribution in [3.8, 4) is 0 Å². The first-order valence-electron chi connectivity index (χ1n) is 14.5. The summed E-state index contributed by atoms with van der Waals surface area (Å²) in [7, 11) is 0. The Morgan fingerprint density at radius 3 is 2.48 bits per heavy atom. The number of imide groups is 1. The number of nitrogens with zero attached hydrogens (tertiary/aromatic N) is 2. The number of ether oxygens (including phenoxy) is 1. The average Bonchev–Trinajstić information content (AvgIpc) is 3.33. The first kappa shape index (κ1) is 29.2. The molecule has 2 aromatic carbocycles. The third kappa shape index (κ3) is 6.27. The smallest absolute Gasteiger partial charge is 0.408 e. The van der Waals surface area contributed by atoms with E-state index in [1.807, 2.05) is 60.8 Å². The Morgan fingerprint density at radius 1 is 1.02 bits per heavy atom. The van der Waals surface area contributed by atoms with Crippen LogP contribution in [0.3, 0.4) is 0 Å². The summed E-state index contributed by atoms with van der Waals surface area (Å²) >= 11 is 0. The SMILES string of the molecule is CC(C)(C)OC(=O)N[C@](C)(Cc1c[nH]c2ccccc12)C(=O)N[C@@H]1CCCN2C(=O)N(Cc3ccccc3)C(=O)C[C@@H]12. The number of benzene rings is 2. The van der Waals surface area contributed by atoms with Crippen LogP contribution in [0.25, 0.3) is 10.9 Å². The summed E-state index contributed by atoms with van der Waals surface area (Å²) in [5.74, 6) is -0.670. The highest BCUT2D eigenvalue weighted by Gasteiger charge is 2.46. The molecule has 3 atom stereocenters. The molecule has 10 heteroatoms. The predicted octanol–water partition coefficient (Wildman–Crippen LogP) is 4.50. The topological polar surface area (TPSA) is 124 Å². The van der Waals surface area contributed by atoms with Gasteiger partial charge in [-0.3, -0.25) is 14.5 Å². The van der Waals surface area contributed by atoms with E-state index in [1.54, 1.807) is 32.6 Å². The number of nitrogens with one attached hydrogen (secondary N) is 3. The molecule has 0 unspecified atom stereocenters. The van der Waals surface area contributed by atoms with Gasteiger partial charge in [0.15, 0.2) is 0 Å². The van der Waals surface area contributed by atoms with Gasteiger partial charge >= 0.3 is 12.1 Å². The van der Waals surface area contributed by atoms with Gasteiger partial charge in [-0.15, -0.1) is 0 Å². The highest BCUT2D eigenvalue weighted by atomic mass is 16.6. The Bertz CT molecular complexity index is 1480. The molecule has 0 bridgehead atoms. The van der Waals surface area contributed by atoms with Crippen molar-refractivity contribution in [3.05, 3.63) is 71.9 Å². The zero-order chi connectivity index (χ0) is 30.1. The summed E-state index contributed by atoms with van der Waals surface area (Å²) in [4.78, 5) is 59.9. The van der Waals surface area contributed by atoms with E-state index in [9.17, 15) is 19.2 Å². The van der Waals surface area contributed by atoms with E-state index >= 15 is 0 Å². The van der Waals surface area contributed by atoms with Gasteiger partial charge in [0.1, 0.15) is 11.1 Å². The van der Waals surface area contributed by atoms with Gasteiger partial charge in [0.05, 0.1) is 12.6 Å². The quantitative estimate of drug-likeness (QED) is 0.384. The molecule has 2 aliphatic heterocycles. The van der Waals surface area contributed by atoms with E-state index in [-0.39, 0.29) is 31.3 Å². The summed E-state index contributed by atoms with van der Waals surface area (Å²) in [5, 5.41) is 6.88. The molecule has 5 amide bonds. The van der Waals surface area contributed by atoms with E-state index in [4.69, 9.17) is 4.74 Å². The summed E-state index contributed by atoms with van der Waals surface area (Å²) in [6.07, 6.45) is 2.74. The minimum absolute atomic E-state index is 0.113. The minimum atomic E-state index is -1.38. The lowest BCUT2D eigenvalue weighted by atomic mass is 9.88. The number of aromatic nitrogens is 1. The molecule has 10 nitrogen and oxygen atoms in total. The first-order valence-corrected chi connectivity index (χ1v) is 14.5. The largest absolute Gasteiger partial charge is 0.444 e. The van der Waals surface area contributed by atoms with Crippen LogP contribution >= 0.6 is 0 Å². The van der Waals surface area contributed by atoms with Crippen molar-refractivity contribution in [1.29, 1.82) is 0 Å². The molecule has 1 aromatic heterocycles. The number of aromatic amines is 1. The maximum Gasteiger partial charge on any atom is 0.408 e. The Morgan fingerprint density at radius 2 is 1.74 bits per heavy atom. The summed E-state index contributed by atoms with van der Waals surface area (Å²) in [6.45, 7) is 7.68. The number of alkyl carbamates (subject to hydrolysis) is 1. The van der Waals surface area contributed by atoms with Gasteiger partial charge < -0.3 is 25.3 Å². The second-order valence-corrected chi connectivity index (χ2v) is 12.4. The fourth-order valence-electron chi connectivity index (χ4n) is 5.88. The molecular formula is C32H39N5O5. The lowest BCUT2D eigenvalue weighted by molar-refractivity contribution is -0.136. The Balaban J connectivity index is 1.36. The monoisotopic (exact) mass is 573 g/mol. The predicted molar refractivity (Wildman–Crippen MR) is 158 cm³/mol. The fourth-order valence-corrected chi connectivity index (χ4v) is 5.88.